The molecule has 0 fully saturated rings. The Kier molecular flexibility index (Phi) is 3.83. The maximum atomic E-state index is 13.0. The number of anilines is 1. The molecule has 0 saturated heterocycles. The fourth-order valence-corrected chi connectivity index (χ4v) is 1.63. The average molecular weight is 285 g/mol. The summed E-state index contributed by atoms with van der Waals surface area (Å²) in [6.45, 7) is -0.127. The molecule has 0 aliphatic rings. The maximum Gasteiger partial charge on any atom is 0.416 e. The minimum atomic E-state index is -4.41. The highest BCUT2D eigenvalue weighted by Gasteiger charge is 2.30. The second-order valence-corrected chi connectivity index (χ2v) is 4.17. The minimum Gasteiger partial charge on any atom is -0.487 e. The van der Waals surface area contributed by atoms with Crippen molar-refractivity contribution in [2.75, 3.05) is 5.73 Å². The molecule has 0 saturated carbocycles. The van der Waals surface area contributed by atoms with Gasteiger partial charge in [-0.05, 0) is 29.8 Å². The van der Waals surface area contributed by atoms with Crippen LogP contribution in [0.2, 0.25) is 0 Å². The number of nitrogen functional groups attached to an aromatic ring is 1. The van der Waals surface area contributed by atoms with Crippen molar-refractivity contribution < 1.29 is 22.3 Å². The van der Waals surface area contributed by atoms with Gasteiger partial charge in [-0.3, -0.25) is 0 Å². The number of halogens is 4. The van der Waals surface area contributed by atoms with Gasteiger partial charge in [0.1, 0.15) is 18.2 Å². The lowest BCUT2D eigenvalue weighted by molar-refractivity contribution is -0.137. The van der Waals surface area contributed by atoms with Gasteiger partial charge in [-0.2, -0.15) is 13.2 Å². The summed E-state index contributed by atoms with van der Waals surface area (Å²) in [6.07, 6.45) is -4.41. The molecule has 0 aliphatic carbocycles. The van der Waals surface area contributed by atoms with Gasteiger partial charge in [-0.1, -0.05) is 12.1 Å². The standard InChI is InChI=1S/C14H11F4NO/c15-11-4-5-12(19)13(7-11)20-8-9-2-1-3-10(6-9)14(16,17)18/h1-7H,8,19H2. The van der Waals surface area contributed by atoms with Gasteiger partial charge in [-0.15, -0.1) is 0 Å². The van der Waals surface area contributed by atoms with Gasteiger partial charge >= 0.3 is 6.18 Å². The average Bonchev–Trinajstić information content (AvgIpc) is 2.39. The first-order chi connectivity index (χ1) is 9.36. The molecule has 0 bridgehead atoms. The smallest absolute Gasteiger partial charge is 0.416 e. The van der Waals surface area contributed by atoms with E-state index in [4.69, 9.17) is 10.5 Å². The van der Waals surface area contributed by atoms with Crippen LogP contribution in [0.5, 0.6) is 5.75 Å². The van der Waals surface area contributed by atoms with Crippen LogP contribution in [0.1, 0.15) is 11.1 Å². The van der Waals surface area contributed by atoms with Crippen molar-refractivity contribution in [2.45, 2.75) is 12.8 Å². The summed E-state index contributed by atoms with van der Waals surface area (Å²) in [5.74, 6) is -0.430. The summed E-state index contributed by atoms with van der Waals surface area (Å²) in [6, 6.07) is 8.32. The first-order valence-corrected chi connectivity index (χ1v) is 5.70. The molecule has 0 heterocycles. The maximum absolute atomic E-state index is 13.0. The molecule has 106 valence electrons. The van der Waals surface area contributed by atoms with E-state index in [1.54, 1.807) is 0 Å². The third kappa shape index (κ3) is 3.40. The molecule has 2 aromatic rings. The number of ether oxygens (including phenoxy) is 1. The molecule has 6 heteroatoms. The number of benzene rings is 2. The van der Waals surface area contributed by atoms with E-state index >= 15 is 0 Å². The fourth-order valence-electron chi connectivity index (χ4n) is 1.63. The Morgan fingerprint density at radius 1 is 1.05 bits per heavy atom. The lowest BCUT2D eigenvalue weighted by Gasteiger charge is -2.11. The molecule has 2 aromatic carbocycles. The second kappa shape index (κ2) is 5.40. The minimum absolute atomic E-state index is 0.0995. The number of hydrogen-bond donors (Lipinski definition) is 1. The number of hydrogen-bond acceptors (Lipinski definition) is 2. The highest BCUT2D eigenvalue weighted by molar-refractivity contribution is 5.52. The van der Waals surface area contributed by atoms with Crippen LogP contribution in [0, 0.1) is 5.82 Å². The van der Waals surface area contributed by atoms with E-state index in [9.17, 15) is 17.6 Å². The predicted octanol–water partition coefficient (Wildman–Crippen LogP) is 4.01. The fraction of sp³-hybridized carbons (Fsp3) is 0.143. The summed E-state index contributed by atoms with van der Waals surface area (Å²) < 4.78 is 55.9. The van der Waals surface area contributed by atoms with Crippen molar-refractivity contribution >= 4 is 5.69 Å². The SMILES string of the molecule is Nc1ccc(F)cc1OCc1cccc(C(F)(F)F)c1. The highest BCUT2D eigenvalue weighted by Crippen LogP contribution is 2.30. The molecule has 0 atom stereocenters. The molecule has 0 aliphatic heterocycles. The zero-order valence-electron chi connectivity index (χ0n) is 10.2. The van der Waals surface area contributed by atoms with Gasteiger partial charge in [0.15, 0.2) is 0 Å². The molecule has 20 heavy (non-hydrogen) atoms. The number of alkyl halides is 3. The molecule has 2 rings (SSSR count). The number of nitrogens with two attached hydrogens (primary N) is 1. The highest BCUT2D eigenvalue weighted by atomic mass is 19.4. The Morgan fingerprint density at radius 3 is 2.50 bits per heavy atom. The summed E-state index contributed by atoms with van der Waals surface area (Å²) >= 11 is 0. The van der Waals surface area contributed by atoms with Gasteiger partial charge in [0.2, 0.25) is 0 Å². The van der Waals surface area contributed by atoms with E-state index in [0.29, 0.717) is 5.56 Å². The van der Waals surface area contributed by atoms with Crippen molar-refractivity contribution in [3.8, 4) is 5.75 Å². The topological polar surface area (TPSA) is 35.2 Å². The van der Waals surface area contributed by atoms with Gasteiger partial charge < -0.3 is 10.5 Å². The van der Waals surface area contributed by atoms with Crippen molar-refractivity contribution in [3.05, 3.63) is 59.4 Å². The third-order valence-corrected chi connectivity index (χ3v) is 2.62. The van der Waals surface area contributed by atoms with Crippen LogP contribution >= 0.6 is 0 Å². The van der Waals surface area contributed by atoms with Crippen LogP contribution < -0.4 is 10.5 Å². The van der Waals surface area contributed by atoms with Crippen LogP contribution in [-0.4, -0.2) is 0 Å². The van der Waals surface area contributed by atoms with Gasteiger partial charge in [-0.25, -0.2) is 4.39 Å². The third-order valence-electron chi connectivity index (χ3n) is 2.62. The molecule has 2 nitrogen and oxygen atoms in total. The molecular formula is C14H11F4NO. The van der Waals surface area contributed by atoms with Crippen molar-refractivity contribution in [1.82, 2.24) is 0 Å². The van der Waals surface area contributed by atoms with Gasteiger partial charge in [0.25, 0.3) is 0 Å². The molecule has 0 spiro atoms. The van der Waals surface area contributed by atoms with E-state index in [2.05, 4.69) is 0 Å². The monoisotopic (exact) mass is 285 g/mol. The zero-order valence-corrected chi connectivity index (χ0v) is 10.2. The Morgan fingerprint density at radius 2 is 1.80 bits per heavy atom. The van der Waals surface area contributed by atoms with E-state index in [-0.39, 0.29) is 18.0 Å². The van der Waals surface area contributed by atoms with Gasteiger partial charge in [0, 0.05) is 6.07 Å². The lowest BCUT2D eigenvalue weighted by Crippen LogP contribution is -2.06. The predicted molar refractivity (Wildman–Crippen MR) is 66.6 cm³/mol. The molecular weight excluding hydrogens is 274 g/mol. The lowest BCUT2D eigenvalue weighted by atomic mass is 10.1. The van der Waals surface area contributed by atoms with E-state index in [1.165, 1.54) is 24.3 Å². The summed E-state index contributed by atoms with van der Waals surface area (Å²) in [7, 11) is 0. The van der Waals surface area contributed by atoms with Crippen LogP contribution in [0.15, 0.2) is 42.5 Å². The Balaban J connectivity index is 2.13. The Hall–Kier alpha value is -2.24. The number of rotatable bonds is 3. The van der Waals surface area contributed by atoms with Crippen molar-refractivity contribution in [3.63, 3.8) is 0 Å². The van der Waals surface area contributed by atoms with Crippen molar-refractivity contribution in [1.29, 1.82) is 0 Å². The van der Waals surface area contributed by atoms with E-state index in [1.807, 2.05) is 0 Å². The Labute approximate surface area is 112 Å². The van der Waals surface area contributed by atoms with Crippen molar-refractivity contribution in [2.24, 2.45) is 0 Å². The molecule has 0 radical (unpaired) electrons. The first-order valence-electron chi connectivity index (χ1n) is 5.70. The van der Waals surface area contributed by atoms with Crippen LogP contribution in [0.3, 0.4) is 0 Å². The van der Waals surface area contributed by atoms with Crippen LogP contribution in [0.4, 0.5) is 23.2 Å². The summed E-state index contributed by atoms with van der Waals surface area (Å²) in [5.41, 5.74) is 5.37. The summed E-state index contributed by atoms with van der Waals surface area (Å²) in [5, 5.41) is 0. The summed E-state index contributed by atoms with van der Waals surface area (Å²) in [4.78, 5) is 0. The Bertz CT molecular complexity index is 610. The van der Waals surface area contributed by atoms with E-state index < -0.39 is 17.6 Å². The second-order valence-electron chi connectivity index (χ2n) is 4.17. The molecule has 0 aromatic heterocycles. The zero-order chi connectivity index (χ0) is 14.8. The quantitative estimate of drug-likeness (QED) is 0.683. The van der Waals surface area contributed by atoms with E-state index in [0.717, 1.165) is 18.2 Å². The molecule has 0 unspecified atom stereocenters. The van der Waals surface area contributed by atoms with Crippen LogP contribution in [-0.2, 0) is 12.8 Å². The van der Waals surface area contributed by atoms with Crippen LogP contribution in [0.25, 0.3) is 0 Å². The largest absolute Gasteiger partial charge is 0.487 e. The molecule has 2 N–H and O–H groups in total. The normalized spacial score (nSPS) is 11.4. The van der Waals surface area contributed by atoms with Gasteiger partial charge in [0.05, 0.1) is 11.3 Å². The molecule has 0 amide bonds. The first kappa shape index (κ1) is 14.2.